The van der Waals surface area contributed by atoms with Crippen LogP contribution >= 0.6 is 0 Å². The number of likely N-dealkylation sites (tertiary alicyclic amines) is 1. The Bertz CT molecular complexity index is 928. The second-order valence-corrected chi connectivity index (χ2v) is 7.59. The van der Waals surface area contributed by atoms with Gasteiger partial charge in [-0.05, 0) is 37.5 Å². The number of nitrogens with zero attached hydrogens (tertiary/aromatic N) is 2. The Kier molecular flexibility index (Phi) is 4.63. The van der Waals surface area contributed by atoms with Crippen LogP contribution < -0.4 is 5.32 Å². The molecule has 2 fully saturated rings. The lowest BCUT2D eigenvalue weighted by Gasteiger charge is -2.38. The van der Waals surface area contributed by atoms with Crippen molar-refractivity contribution >= 4 is 17.8 Å². The highest BCUT2D eigenvalue weighted by molar-refractivity contribution is 6.07. The van der Waals surface area contributed by atoms with Crippen molar-refractivity contribution in [3.8, 4) is 0 Å². The Morgan fingerprint density at radius 2 is 1.89 bits per heavy atom. The lowest BCUT2D eigenvalue weighted by molar-refractivity contribution is -0.133. The van der Waals surface area contributed by atoms with Gasteiger partial charge in [0.2, 0.25) is 0 Å². The predicted octanol–water partition coefficient (Wildman–Crippen LogP) is 2.72. The number of carbonyl (C=O) groups excluding carboxylic acids is 3. The molecule has 2 aliphatic heterocycles. The zero-order valence-electron chi connectivity index (χ0n) is 15.9. The molecular weight excluding hydrogens is 354 g/mol. The van der Waals surface area contributed by atoms with E-state index in [4.69, 9.17) is 0 Å². The first-order chi connectivity index (χ1) is 13.5. The molecule has 0 unspecified atom stereocenters. The topological polar surface area (TPSA) is 69.7 Å². The number of hydrogen-bond donors (Lipinski definition) is 1. The van der Waals surface area contributed by atoms with Crippen LogP contribution in [0, 0.1) is 6.92 Å². The number of imide groups is 1. The molecule has 0 saturated carbocycles. The summed E-state index contributed by atoms with van der Waals surface area (Å²) < 4.78 is 0. The minimum Gasteiger partial charge on any atom is -0.336 e. The van der Waals surface area contributed by atoms with Gasteiger partial charge in [0.15, 0.2) is 0 Å². The third-order valence-corrected chi connectivity index (χ3v) is 5.47. The van der Waals surface area contributed by atoms with E-state index in [9.17, 15) is 14.4 Å². The highest BCUT2D eigenvalue weighted by Gasteiger charge is 2.53. The summed E-state index contributed by atoms with van der Waals surface area (Å²) in [4.78, 5) is 41.6. The third-order valence-electron chi connectivity index (χ3n) is 5.47. The van der Waals surface area contributed by atoms with Crippen molar-refractivity contribution in [2.24, 2.45) is 0 Å². The van der Waals surface area contributed by atoms with Crippen molar-refractivity contribution in [1.82, 2.24) is 15.1 Å². The third kappa shape index (κ3) is 3.26. The number of hydrogen-bond acceptors (Lipinski definition) is 3. The molecule has 2 aromatic rings. The molecule has 2 heterocycles. The number of piperidine rings is 1. The molecule has 28 heavy (non-hydrogen) atoms. The monoisotopic (exact) mass is 377 g/mol. The molecule has 4 rings (SSSR count). The van der Waals surface area contributed by atoms with Crippen LogP contribution in [0.25, 0.3) is 0 Å². The van der Waals surface area contributed by atoms with Crippen LogP contribution in [0.15, 0.2) is 54.6 Å². The Hall–Kier alpha value is -3.15. The number of benzene rings is 2. The molecule has 2 aliphatic rings. The van der Waals surface area contributed by atoms with Crippen molar-refractivity contribution in [3.05, 3.63) is 71.3 Å². The minimum atomic E-state index is -1.02. The first-order valence-corrected chi connectivity index (χ1v) is 9.52. The van der Waals surface area contributed by atoms with Gasteiger partial charge in [-0.3, -0.25) is 14.5 Å². The molecule has 144 valence electrons. The summed E-state index contributed by atoms with van der Waals surface area (Å²) in [6.07, 6.45) is 1.21. The average Bonchev–Trinajstić information content (AvgIpc) is 2.92. The van der Waals surface area contributed by atoms with Gasteiger partial charge in [-0.1, -0.05) is 48.0 Å². The fraction of sp³-hybridized carbons (Fsp3) is 0.318. The van der Waals surface area contributed by atoms with Gasteiger partial charge in [0.25, 0.3) is 11.8 Å². The Labute approximate surface area is 164 Å². The van der Waals surface area contributed by atoms with Gasteiger partial charge in [0, 0.05) is 12.1 Å². The lowest BCUT2D eigenvalue weighted by Crippen LogP contribution is -2.59. The van der Waals surface area contributed by atoms with E-state index in [0.717, 1.165) is 11.1 Å². The number of carbonyl (C=O) groups is 3. The molecule has 0 bridgehead atoms. The summed E-state index contributed by atoms with van der Waals surface area (Å²) in [5.41, 5.74) is 1.49. The van der Waals surface area contributed by atoms with Crippen LogP contribution in [0.5, 0.6) is 0 Å². The quantitative estimate of drug-likeness (QED) is 0.836. The number of nitrogens with one attached hydrogen (secondary N) is 1. The minimum absolute atomic E-state index is 0.105. The molecule has 1 N–H and O–H groups in total. The van der Waals surface area contributed by atoms with Gasteiger partial charge in [-0.25, -0.2) is 4.79 Å². The Morgan fingerprint density at radius 1 is 1.11 bits per heavy atom. The van der Waals surface area contributed by atoms with Gasteiger partial charge in [-0.2, -0.15) is 0 Å². The van der Waals surface area contributed by atoms with E-state index in [1.807, 2.05) is 55.5 Å². The normalized spacial score (nSPS) is 21.9. The maximum absolute atomic E-state index is 13.2. The molecule has 6 nitrogen and oxygen atoms in total. The van der Waals surface area contributed by atoms with E-state index >= 15 is 0 Å². The molecular formula is C22H23N3O3. The maximum atomic E-state index is 13.2. The van der Waals surface area contributed by atoms with Gasteiger partial charge >= 0.3 is 6.03 Å². The molecule has 0 aromatic heterocycles. The molecule has 0 radical (unpaired) electrons. The molecule has 1 spiro atoms. The van der Waals surface area contributed by atoms with Gasteiger partial charge in [0.05, 0.1) is 13.1 Å². The molecule has 4 amide bonds. The van der Waals surface area contributed by atoms with Crippen molar-refractivity contribution < 1.29 is 14.4 Å². The second kappa shape index (κ2) is 7.11. The molecule has 1 atom stereocenters. The SMILES string of the molecule is Cc1cccc(C(=O)N2CCC[C@@]3(C2)NC(=O)N(Cc2ccccc2)C3=O)c1. The van der Waals surface area contributed by atoms with Crippen molar-refractivity contribution in [1.29, 1.82) is 0 Å². The Balaban J connectivity index is 1.53. The average molecular weight is 377 g/mol. The maximum Gasteiger partial charge on any atom is 0.325 e. The van der Waals surface area contributed by atoms with Gasteiger partial charge in [0.1, 0.15) is 5.54 Å². The molecule has 2 saturated heterocycles. The number of aryl methyl sites for hydroxylation is 1. The largest absolute Gasteiger partial charge is 0.336 e. The van der Waals surface area contributed by atoms with Crippen molar-refractivity contribution in [3.63, 3.8) is 0 Å². The van der Waals surface area contributed by atoms with Gasteiger partial charge in [-0.15, -0.1) is 0 Å². The lowest BCUT2D eigenvalue weighted by atomic mass is 9.88. The summed E-state index contributed by atoms with van der Waals surface area (Å²) in [6, 6.07) is 16.5. The van der Waals surface area contributed by atoms with E-state index in [1.54, 1.807) is 11.0 Å². The van der Waals surface area contributed by atoms with Crippen molar-refractivity contribution in [2.45, 2.75) is 31.8 Å². The molecule has 2 aromatic carbocycles. The number of rotatable bonds is 3. The standard InChI is InChI=1S/C22H23N3O3/c1-16-7-5-10-18(13-16)19(26)24-12-6-11-22(15-24)20(27)25(21(28)23-22)14-17-8-3-2-4-9-17/h2-5,7-10,13H,6,11-12,14-15H2,1H3,(H,23,28)/t22-/m0/s1. The zero-order chi connectivity index (χ0) is 19.7. The first-order valence-electron chi connectivity index (χ1n) is 9.52. The number of amides is 4. The van der Waals surface area contributed by atoms with E-state index in [-0.39, 0.29) is 24.9 Å². The van der Waals surface area contributed by atoms with Crippen LogP contribution in [0.3, 0.4) is 0 Å². The predicted molar refractivity (Wildman–Crippen MR) is 105 cm³/mol. The summed E-state index contributed by atoms with van der Waals surface area (Å²) >= 11 is 0. The highest BCUT2D eigenvalue weighted by Crippen LogP contribution is 2.30. The number of urea groups is 1. The summed E-state index contributed by atoms with van der Waals surface area (Å²) in [5.74, 6) is -0.352. The van der Waals surface area contributed by atoms with Gasteiger partial charge < -0.3 is 10.2 Å². The van der Waals surface area contributed by atoms with E-state index in [2.05, 4.69) is 5.32 Å². The van der Waals surface area contributed by atoms with Crippen molar-refractivity contribution in [2.75, 3.05) is 13.1 Å². The summed E-state index contributed by atoms with van der Waals surface area (Å²) in [6.45, 7) is 2.96. The van der Waals surface area contributed by atoms with E-state index in [0.29, 0.717) is 24.9 Å². The van der Waals surface area contributed by atoms with E-state index in [1.165, 1.54) is 4.90 Å². The smallest absolute Gasteiger partial charge is 0.325 e. The van der Waals surface area contributed by atoms with Crippen LogP contribution in [0.1, 0.15) is 34.3 Å². The Morgan fingerprint density at radius 3 is 2.64 bits per heavy atom. The highest BCUT2D eigenvalue weighted by atomic mass is 16.2. The molecule has 0 aliphatic carbocycles. The fourth-order valence-electron chi connectivity index (χ4n) is 4.05. The van der Waals surface area contributed by atoms with Crippen LogP contribution in [-0.2, 0) is 11.3 Å². The molecule has 6 heteroatoms. The van der Waals surface area contributed by atoms with E-state index < -0.39 is 11.6 Å². The first kappa shape index (κ1) is 18.2. The zero-order valence-corrected chi connectivity index (χ0v) is 15.9. The van der Waals surface area contributed by atoms with Crippen LogP contribution in [0.4, 0.5) is 4.79 Å². The van der Waals surface area contributed by atoms with Crippen LogP contribution in [0.2, 0.25) is 0 Å². The summed E-state index contributed by atoms with van der Waals surface area (Å²) in [7, 11) is 0. The summed E-state index contributed by atoms with van der Waals surface area (Å²) in [5, 5.41) is 2.88. The second-order valence-electron chi connectivity index (χ2n) is 7.59. The fourth-order valence-corrected chi connectivity index (χ4v) is 4.05. The van der Waals surface area contributed by atoms with Crippen LogP contribution in [-0.4, -0.2) is 46.3 Å².